The van der Waals surface area contributed by atoms with Gasteiger partial charge >= 0.3 is 0 Å². The number of phenolic OH excluding ortho intramolecular Hbond substituents is 1. The number of halogens is 1. The van der Waals surface area contributed by atoms with Crippen LogP contribution >= 0.6 is 11.6 Å². The zero-order valence-corrected chi connectivity index (χ0v) is 17.2. The number of fused-ring (bicyclic) bond motifs is 2. The number of nitro groups is 1. The van der Waals surface area contributed by atoms with Gasteiger partial charge in [-0.3, -0.25) is 15.1 Å². The number of oxazole rings is 1. The van der Waals surface area contributed by atoms with Crippen molar-refractivity contribution in [3.63, 3.8) is 0 Å². The summed E-state index contributed by atoms with van der Waals surface area (Å²) in [6, 6.07) is 20.4. The van der Waals surface area contributed by atoms with Gasteiger partial charge in [-0.25, -0.2) is 4.98 Å². The summed E-state index contributed by atoms with van der Waals surface area (Å²) in [5.41, 5.74) is 2.70. The van der Waals surface area contributed by atoms with E-state index in [9.17, 15) is 15.2 Å². The Labute approximate surface area is 186 Å². The average Bonchev–Trinajstić information content (AvgIpc) is 3.21. The SMILES string of the molecule is O=[N+]([O-])c1ccc(O)c(C=Nc2ccc3oc(-c4cccc5c(Cl)cccc45)nc3c2)c1. The first kappa shape index (κ1) is 19.7. The first-order valence-electron chi connectivity index (χ1n) is 9.59. The van der Waals surface area contributed by atoms with Crippen molar-refractivity contribution in [3.8, 4) is 17.2 Å². The van der Waals surface area contributed by atoms with Crippen LogP contribution in [0.15, 0.2) is 82.2 Å². The van der Waals surface area contributed by atoms with Gasteiger partial charge in [0.05, 0.1) is 10.6 Å². The highest BCUT2D eigenvalue weighted by atomic mass is 35.5. The quantitative estimate of drug-likeness (QED) is 0.190. The van der Waals surface area contributed by atoms with Crippen molar-refractivity contribution in [3.05, 3.63) is 93.5 Å². The van der Waals surface area contributed by atoms with Crippen molar-refractivity contribution in [2.24, 2.45) is 4.99 Å². The van der Waals surface area contributed by atoms with E-state index in [0.717, 1.165) is 16.3 Å². The second kappa shape index (κ2) is 7.79. The first-order valence-corrected chi connectivity index (χ1v) is 9.97. The Morgan fingerprint density at radius 1 is 1.03 bits per heavy atom. The minimum atomic E-state index is -0.528. The third kappa shape index (κ3) is 3.55. The van der Waals surface area contributed by atoms with E-state index in [1.165, 1.54) is 24.4 Å². The molecule has 0 radical (unpaired) electrons. The van der Waals surface area contributed by atoms with Crippen molar-refractivity contribution >= 4 is 51.1 Å². The van der Waals surface area contributed by atoms with Gasteiger partial charge in [-0.1, -0.05) is 35.9 Å². The predicted molar refractivity (Wildman–Crippen MR) is 124 cm³/mol. The van der Waals surface area contributed by atoms with Crippen LogP contribution in [-0.4, -0.2) is 21.2 Å². The molecule has 0 spiro atoms. The van der Waals surface area contributed by atoms with Gasteiger partial charge in [-0.15, -0.1) is 0 Å². The van der Waals surface area contributed by atoms with Crippen molar-refractivity contribution in [2.75, 3.05) is 0 Å². The smallest absolute Gasteiger partial charge is 0.270 e. The van der Waals surface area contributed by atoms with Gasteiger partial charge in [0.2, 0.25) is 5.89 Å². The molecule has 8 heteroatoms. The molecule has 0 fully saturated rings. The Morgan fingerprint density at radius 3 is 2.69 bits per heavy atom. The van der Waals surface area contributed by atoms with Crippen LogP contribution in [0.3, 0.4) is 0 Å². The highest BCUT2D eigenvalue weighted by Gasteiger charge is 2.13. The Kier molecular flexibility index (Phi) is 4.80. The van der Waals surface area contributed by atoms with E-state index in [0.29, 0.717) is 27.7 Å². The van der Waals surface area contributed by atoms with E-state index in [1.54, 1.807) is 18.2 Å². The lowest BCUT2D eigenvalue weighted by molar-refractivity contribution is -0.384. The molecular weight excluding hydrogens is 430 g/mol. The number of aromatic hydroxyl groups is 1. The van der Waals surface area contributed by atoms with Crippen LogP contribution in [0.25, 0.3) is 33.3 Å². The summed E-state index contributed by atoms with van der Waals surface area (Å²) in [4.78, 5) is 19.4. The number of aromatic nitrogens is 1. The van der Waals surface area contributed by atoms with Gasteiger partial charge in [-0.05, 0) is 41.8 Å². The van der Waals surface area contributed by atoms with Crippen molar-refractivity contribution < 1.29 is 14.4 Å². The maximum absolute atomic E-state index is 11.0. The third-order valence-electron chi connectivity index (χ3n) is 5.05. The van der Waals surface area contributed by atoms with E-state index in [2.05, 4.69) is 9.98 Å². The Hall–Kier alpha value is -4.23. The average molecular weight is 444 g/mol. The van der Waals surface area contributed by atoms with Gasteiger partial charge in [0.25, 0.3) is 5.69 Å². The second-order valence-electron chi connectivity index (χ2n) is 7.07. The minimum absolute atomic E-state index is 0.0984. The van der Waals surface area contributed by atoms with Crippen LogP contribution in [0, 0.1) is 10.1 Å². The van der Waals surface area contributed by atoms with Crippen LogP contribution in [0.5, 0.6) is 5.75 Å². The van der Waals surface area contributed by atoms with E-state index in [4.69, 9.17) is 16.0 Å². The van der Waals surface area contributed by atoms with Crippen LogP contribution in [0.4, 0.5) is 11.4 Å². The third-order valence-corrected chi connectivity index (χ3v) is 5.37. The largest absolute Gasteiger partial charge is 0.507 e. The van der Waals surface area contributed by atoms with Gasteiger partial charge in [-0.2, -0.15) is 0 Å². The van der Waals surface area contributed by atoms with Gasteiger partial charge in [0, 0.05) is 39.9 Å². The molecule has 0 aliphatic rings. The molecule has 0 bridgehead atoms. The van der Waals surface area contributed by atoms with Crippen molar-refractivity contribution in [1.82, 2.24) is 4.98 Å². The van der Waals surface area contributed by atoms with E-state index in [-0.39, 0.29) is 17.0 Å². The second-order valence-corrected chi connectivity index (χ2v) is 7.48. The Morgan fingerprint density at radius 2 is 1.84 bits per heavy atom. The van der Waals surface area contributed by atoms with Crippen LogP contribution in [-0.2, 0) is 0 Å². The zero-order valence-electron chi connectivity index (χ0n) is 16.4. The fraction of sp³-hybridized carbons (Fsp3) is 0. The minimum Gasteiger partial charge on any atom is -0.507 e. The molecule has 1 N–H and O–H groups in total. The molecule has 32 heavy (non-hydrogen) atoms. The predicted octanol–water partition coefficient (Wildman–Crippen LogP) is 6.67. The maximum Gasteiger partial charge on any atom is 0.270 e. The monoisotopic (exact) mass is 443 g/mol. The fourth-order valence-electron chi connectivity index (χ4n) is 3.47. The molecule has 1 aromatic heterocycles. The molecule has 0 atom stereocenters. The number of nitrogens with zero attached hydrogens (tertiary/aromatic N) is 3. The van der Waals surface area contributed by atoms with E-state index >= 15 is 0 Å². The Bertz CT molecular complexity index is 1540. The molecule has 0 saturated carbocycles. The number of nitro benzene ring substituents is 1. The number of hydrogen-bond acceptors (Lipinski definition) is 6. The number of phenols is 1. The molecule has 156 valence electrons. The van der Waals surface area contributed by atoms with Gasteiger partial charge < -0.3 is 9.52 Å². The summed E-state index contributed by atoms with van der Waals surface area (Å²) in [5.74, 6) is 0.365. The molecule has 5 rings (SSSR count). The normalized spacial score (nSPS) is 11.5. The summed E-state index contributed by atoms with van der Waals surface area (Å²) in [6.07, 6.45) is 1.37. The molecule has 0 saturated heterocycles. The lowest BCUT2D eigenvalue weighted by Gasteiger charge is -2.04. The van der Waals surface area contributed by atoms with Crippen LogP contribution in [0.1, 0.15) is 5.56 Å². The summed E-state index contributed by atoms with van der Waals surface area (Å²) in [7, 11) is 0. The topological polar surface area (TPSA) is 102 Å². The lowest BCUT2D eigenvalue weighted by atomic mass is 10.0. The highest BCUT2D eigenvalue weighted by Crippen LogP contribution is 2.34. The number of non-ortho nitro benzene ring substituents is 1. The number of hydrogen-bond donors (Lipinski definition) is 1. The Balaban J connectivity index is 1.52. The lowest BCUT2D eigenvalue weighted by Crippen LogP contribution is -1.90. The maximum atomic E-state index is 11.0. The van der Waals surface area contributed by atoms with E-state index in [1.807, 2.05) is 36.4 Å². The first-order chi connectivity index (χ1) is 15.5. The van der Waals surface area contributed by atoms with E-state index < -0.39 is 4.92 Å². The van der Waals surface area contributed by atoms with Crippen LogP contribution in [0.2, 0.25) is 5.02 Å². The molecule has 0 aliphatic heterocycles. The number of rotatable bonds is 4. The highest BCUT2D eigenvalue weighted by molar-refractivity contribution is 6.35. The summed E-state index contributed by atoms with van der Waals surface area (Å²) < 4.78 is 5.96. The molecule has 0 unspecified atom stereocenters. The zero-order chi connectivity index (χ0) is 22.2. The summed E-state index contributed by atoms with van der Waals surface area (Å²) in [5, 5.41) is 23.4. The number of benzene rings is 4. The molecule has 1 heterocycles. The van der Waals surface area contributed by atoms with Crippen LogP contribution < -0.4 is 0 Å². The van der Waals surface area contributed by atoms with Crippen molar-refractivity contribution in [1.29, 1.82) is 0 Å². The molecule has 0 aliphatic carbocycles. The molecule has 5 aromatic rings. The molecule has 7 nitrogen and oxygen atoms in total. The van der Waals surface area contributed by atoms with Crippen molar-refractivity contribution in [2.45, 2.75) is 0 Å². The number of aliphatic imine (C=N–C) groups is 1. The molecule has 0 amide bonds. The standard InChI is InChI=1S/C24H14ClN3O4/c25-20-6-2-3-17-18(20)4-1-5-19(17)24-27-21-12-15(7-10-23(21)32-24)26-13-14-11-16(28(30)31)8-9-22(14)29/h1-13,29H. The van der Waals surface area contributed by atoms with Gasteiger partial charge in [0.15, 0.2) is 5.58 Å². The molecule has 4 aromatic carbocycles. The summed E-state index contributed by atoms with van der Waals surface area (Å²) in [6.45, 7) is 0. The molecular formula is C24H14ClN3O4. The van der Waals surface area contributed by atoms with Gasteiger partial charge in [0.1, 0.15) is 11.3 Å². The summed E-state index contributed by atoms with van der Waals surface area (Å²) >= 11 is 6.32. The fourth-order valence-corrected chi connectivity index (χ4v) is 3.71.